The quantitative estimate of drug-likeness (QED) is 0.704. The first-order valence-corrected chi connectivity index (χ1v) is 11.6. The van der Waals surface area contributed by atoms with Crippen LogP contribution in [0.3, 0.4) is 0 Å². The van der Waals surface area contributed by atoms with Gasteiger partial charge in [-0.15, -0.1) is 0 Å². The van der Waals surface area contributed by atoms with Crippen LogP contribution in [0.2, 0.25) is 0 Å². The molecule has 5 rings (SSSR count). The van der Waals surface area contributed by atoms with Crippen LogP contribution in [-0.2, 0) is 17.6 Å². The fourth-order valence-corrected chi connectivity index (χ4v) is 5.81. The zero-order valence-electron chi connectivity index (χ0n) is 16.8. The molecule has 1 saturated heterocycles. The highest BCUT2D eigenvalue weighted by atomic mass is 32.2. The largest absolute Gasteiger partial charge is 0.368 e. The molecule has 0 radical (unpaired) electrons. The van der Waals surface area contributed by atoms with Gasteiger partial charge in [0.25, 0.3) is 5.56 Å². The van der Waals surface area contributed by atoms with Gasteiger partial charge in [0.15, 0.2) is 5.16 Å². The summed E-state index contributed by atoms with van der Waals surface area (Å²) in [5.41, 5.74) is 2.87. The molecule has 0 N–H and O–H groups in total. The Morgan fingerprint density at radius 1 is 1.10 bits per heavy atom. The minimum Gasteiger partial charge on any atom is -0.368 e. The second-order valence-electron chi connectivity index (χ2n) is 8.22. The summed E-state index contributed by atoms with van der Waals surface area (Å²) in [4.78, 5) is 34.8. The highest BCUT2D eigenvalue weighted by molar-refractivity contribution is 7.99. The van der Waals surface area contributed by atoms with Gasteiger partial charge in [-0.2, -0.15) is 0 Å². The highest BCUT2D eigenvalue weighted by Crippen LogP contribution is 2.34. The number of halogens is 1. The molecule has 1 fully saturated rings. The van der Waals surface area contributed by atoms with Crippen molar-refractivity contribution in [1.29, 1.82) is 0 Å². The third kappa shape index (κ3) is 3.62. The number of fused-ring (bicyclic) bond motifs is 2. The number of carbonyl (C=O) groups is 1. The third-order valence-corrected chi connectivity index (χ3v) is 7.45. The molecule has 6 nitrogen and oxygen atoms in total. The summed E-state index contributed by atoms with van der Waals surface area (Å²) in [6.45, 7) is 2.73. The average Bonchev–Trinajstić information content (AvgIpc) is 3.17. The first kappa shape index (κ1) is 19.6. The van der Waals surface area contributed by atoms with E-state index in [1.165, 1.54) is 12.1 Å². The van der Waals surface area contributed by atoms with Crippen molar-refractivity contribution in [2.75, 3.05) is 36.8 Å². The number of piperazine rings is 1. The summed E-state index contributed by atoms with van der Waals surface area (Å²) in [7, 11) is 0. The second kappa shape index (κ2) is 8.06. The fraction of sp³-hybridized carbons (Fsp3) is 0.500. The molecular formula is C22H25FN4O2S. The Morgan fingerprint density at radius 3 is 2.60 bits per heavy atom. The maximum Gasteiger partial charge on any atom is 0.257 e. The fourth-order valence-electron chi connectivity index (χ4n) is 4.66. The van der Waals surface area contributed by atoms with Crippen molar-refractivity contribution >= 4 is 23.4 Å². The molecule has 1 amide bonds. The number of thioether (sulfide) groups is 1. The molecule has 0 saturated carbocycles. The third-order valence-electron chi connectivity index (χ3n) is 6.36. The van der Waals surface area contributed by atoms with Gasteiger partial charge in [0.1, 0.15) is 5.82 Å². The van der Waals surface area contributed by atoms with Crippen molar-refractivity contribution in [2.24, 2.45) is 0 Å². The summed E-state index contributed by atoms with van der Waals surface area (Å²) in [5.74, 6) is 0.581. The van der Waals surface area contributed by atoms with Gasteiger partial charge in [-0.1, -0.05) is 11.8 Å². The van der Waals surface area contributed by atoms with Gasteiger partial charge in [-0.25, -0.2) is 9.37 Å². The van der Waals surface area contributed by atoms with E-state index in [9.17, 15) is 14.0 Å². The summed E-state index contributed by atoms with van der Waals surface area (Å²) in [5, 5.41) is 0.777. The molecule has 1 aliphatic carbocycles. The van der Waals surface area contributed by atoms with Gasteiger partial charge in [0.2, 0.25) is 5.91 Å². The molecule has 0 spiro atoms. The van der Waals surface area contributed by atoms with E-state index >= 15 is 0 Å². The van der Waals surface area contributed by atoms with Crippen molar-refractivity contribution in [3.05, 3.63) is 51.7 Å². The zero-order chi connectivity index (χ0) is 20.7. The minimum atomic E-state index is -0.242. The summed E-state index contributed by atoms with van der Waals surface area (Å²) in [6.07, 6.45) is 4.17. The summed E-state index contributed by atoms with van der Waals surface area (Å²) in [6, 6.07) is 6.37. The lowest BCUT2D eigenvalue weighted by atomic mass is 9.97. The molecule has 3 heterocycles. The van der Waals surface area contributed by atoms with E-state index in [-0.39, 0.29) is 23.3 Å². The molecule has 1 aromatic heterocycles. The molecule has 2 aromatic rings. The molecule has 30 heavy (non-hydrogen) atoms. The van der Waals surface area contributed by atoms with Crippen LogP contribution >= 0.6 is 11.8 Å². The number of amides is 1. The number of rotatable bonds is 3. The van der Waals surface area contributed by atoms with E-state index in [0.717, 1.165) is 66.6 Å². The Hall–Kier alpha value is -2.35. The van der Waals surface area contributed by atoms with Crippen molar-refractivity contribution in [1.82, 2.24) is 14.5 Å². The molecule has 2 aliphatic heterocycles. The van der Waals surface area contributed by atoms with Gasteiger partial charge in [0.05, 0.1) is 11.7 Å². The van der Waals surface area contributed by atoms with E-state index in [2.05, 4.69) is 4.90 Å². The number of aromatic nitrogens is 2. The maximum atomic E-state index is 13.1. The topological polar surface area (TPSA) is 58.4 Å². The van der Waals surface area contributed by atoms with E-state index in [1.54, 1.807) is 28.5 Å². The number of anilines is 1. The molecule has 8 heteroatoms. The number of benzene rings is 1. The highest BCUT2D eigenvalue weighted by Gasteiger charge is 2.32. The van der Waals surface area contributed by atoms with Gasteiger partial charge in [-0.05, 0) is 49.9 Å². The van der Waals surface area contributed by atoms with Crippen LogP contribution in [-0.4, -0.2) is 52.3 Å². The smallest absolute Gasteiger partial charge is 0.257 e. The molecular weight excluding hydrogens is 403 g/mol. The van der Waals surface area contributed by atoms with Crippen LogP contribution < -0.4 is 10.5 Å². The van der Waals surface area contributed by atoms with Gasteiger partial charge < -0.3 is 9.80 Å². The Morgan fingerprint density at radius 2 is 1.83 bits per heavy atom. The van der Waals surface area contributed by atoms with Gasteiger partial charge in [-0.3, -0.25) is 14.2 Å². The molecule has 0 bridgehead atoms. The predicted octanol–water partition coefficient (Wildman–Crippen LogP) is 2.65. The lowest BCUT2D eigenvalue weighted by molar-refractivity contribution is -0.132. The van der Waals surface area contributed by atoms with Crippen molar-refractivity contribution in [2.45, 2.75) is 43.3 Å². The number of nitrogens with zero attached hydrogens (tertiary/aromatic N) is 4. The molecule has 3 aliphatic rings. The molecule has 1 aromatic carbocycles. The van der Waals surface area contributed by atoms with Crippen LogP contribution in [0.5, 0.6) is 0 Å². The minimum absolute atomic E-state index is 0.0682. The number of hydrogen-bond acceptors (Lipinski definition) is 5. The normalized spacial score (nSPS) is 20.8. The maximum absolute atomic E-state index is 13.1. The van der Waals surface area contributed by atoms with Crippen LogP contribution in [0.15, 0.2) is 34.2 Å². The molecule has 158 valence electrons. The SMILES string of the molecule is O=C(C[C@H]1CSc2nc3c(c(=O)n21)CCCC3)N1CCN(c2ccc(F)cc2)CC1. The van der Waals surface area contributed by atoms with E-state index in [1.807, 2.05) is 4.90 Å². The van der Waals surface area contributed by atoms with Crippen molar-refractivity contribution in [3.8, 4) is 0 Å². The number of carbonyl (C=O) groups excluding carboxylic acids is 1. The average molecular weight is 429 g/mol. The molecule has 1 atom stereocenters. The van der Waals surface area contributed by atoms with Gasteiger partial charge >= 0.3 is 0 Å². The Bertz CT molecular complexity index is 1020. The summed E-state index contributed by atoms with van der Waals surface area (Å²) < 4.78 is 14.9. The predicted molar refractivity (Wildman–Crippen MR) is 115 cm³/mol. The zero-order valence-corrected chi connectivity index (χ0v) is 17.7. The van der Waals surface area contributed by atoms with Gasteiger partial charge in [0, 0.05) is 49.6 Å². The number of hydrogen-bond donors (Lipinski definition) is 0. The summed E-state index contributed by atoms with van der Waals surface area (Å²) >= 11 is 1.59. The lowest BCUT2D eigenvalue weighted by Gasteiger charge is -2.36. The van der Waals surface area contributed by atoms with Crippen molar-refractivity contribution < 1.29 is 9.18 Å². The lowest BCUT2D eigenvalue weighted by Crippen LogP contribution is -2.49. The Balaban J connectivity index is 1.24. The van der Waals surface area contributed by atoms with E-state index in [4.69, 9.17) is 4.98 Å². The first-order chi connectivity index (χ1) is 14.6. The number of aryl methyl sites for hydroxylation is 1. The first-order valence-electron chi connectivity index (χ1n) is 10.7. The molecule has 0 unspecified atom stereocenters. The van der Waals surface area contributed by atoms with Crippen LogP contribution in [0.4, 0.5) is 10.1 Å². The van der Waals surface area contributed by atoms with E-state index in [0.29, 0.717) is 19.5 Å². The van der Waals surface area contributed by atoms with Crippen LogP contribution in [0.1, 0.15) is 36.6 Å². The van der Waals surface area contributed by atoms with E-state index < -0.39 is 0 Å². The second-order valence-corrected chi connectivity index (χ2v) is 9.20. The van der Waals surface area contributed by atoms with Crippen LogP contribution in [0.25, 0.3) is 0 Å². The Labute approximate surface area is 179 Å². The monoisotopic (exact) mass is 428 g/mol. The standard InChI is InChI=1S/C22H25FN4O2S/c23-15-5-7-16(8-6-15)25-9-11-26(12-10-25)20(28)13-17-14-30-22-24-19-4-2-1-3-18(19)21(29)27(17)22/h5-8,17H,1-4,9-14H2/t17-/m0/s1. The van der Waals surface area contributed by atoms with Crippen LogP contribution in [0, 0.1) is 5.82 Å². The Kier molecular flexibility index (Phi) is 5.26. The van der Waals surface area contributed by atoms with Crippen molar-refractivity contribution in [3.63, 3.8) is 0 Å².